The third-order valence-electron chi connectivity index (χ3n) is 2.72. The molecule has 0 amide bonds. The van der Waals surface area contributed by atoms with Gasteiger partial charge in [0, 0.05) is 32.5 Å². The van der Waals surface area contributed by atoms with Crippen LogP contribution in [-0.4, -0.2) is 50.9 Å². The number of carbonyl (C=O) groups excluding carboxylic acids is 1. The van der Waals surface area contributed by atoms with Gasteiger partial charge in [-0.05, 0) is 24.1 Å². The molecule has 1 rings (SSSR count). The summed E-state index contributed by atoms with van der Waals surface area (Å²) >= 11 is 0. The minimum absolute atomic E-state index is 0.0261. The molecule has 0 spiro atoms. The van der Waals surface area contributed by atoms with Gasteiger partial charge in [0.05, 0.1) is 13.5 Å². The van der Waals surface area contributed by atoms with Crippen molar-refractivity contribution in [2.75, 3.05) is 27.2 Å². The van der Waals surface area contributed by atoms with Crippen molar-refractivity contribution >= 4 is 16.2 Å². The van der Waals surface area contributed by atoms with E-state index in [-0.39, 0.29) is 19.5 Å². The predicted molar refractivity (Wildman–Crippen MR) is 74.1 cm³/mol. The van der Waals surface area contributed by atoms with Gasteiger partial charge >= 0.3 is 5.97 Å². The Morgan fingerprint density at radius 3 is 2.65 bits per heavy atom. The molecule has 0 unspecified atom stereocenters. The van der Waals surface area contributed by atoms with E-state index in [4.69, 9.17) is 0 Å². The summed E-state index contributed by atoms with van der Waals surface area (Å²) < 4.78 is 31.8. The van der Waals surface area contributed by atoms with Crippen LogP contribution < -0.4 is 4.72 Å². The molecule has 0 aliphatic rings. The first-order chi connectivity index (χ1) is 9.45. The third-order valence-corrected chi connectivity index (χ3v) is 4.29. The van der Waals surface area contributed by atoms with Crippen LogP contribution >= 0.6 is 0 Å². The normalized spacial score (nSPS) is 11.6. The molecular formula is C12H19N3O4S. The van der Waals surface area contributed by atoms with Gasteiger partial charge in [0.2, 0.25) is 0 Å². The van der Waals surface area contributed by atoms with Crippen LogP contribution in [0.15, 0.2) is 24.5 Å². The highest BCUT2D eigenvalue weighted by Crippen LogP contribution is 1.99. The van der Waals surface area contributed by atoms with Gasteiger partial charge in [-0.2, -0.15) is 12.7 Å². The van der Waals surface area contributed by atoms with Gasteiger partial charge in [-0.25, -0.2) is 4.72 Å². The van der Waals surface area contributed by atoms with Gasteiger partial charge < -0.3 is 4.74 Å². The van der Waals surface area contributed by atoms with Crippen LogP contribution in [-0.2, 0) is 26.2 Å². The molecule has 8 heteroatoms. The second-order valence-electron chi connectivity index (χ2n) is 4.15. The number of pyridine rings is 1. The van der Waals surface area contributed by atoms with E-state index in [2.05, 4.69) is 14.4 Å². The van der Waals surface area contributed by atoms with Gasteiger partial charge in [0.1, 0.15) is 0 Å². The summed E-state index contributed by atoms with van der Waals surface area (Å²) in [5.41, 5.74) is 1.000. The summed E-state index contributed by atoms with van der Waals surface area (Å²) in [6.07, 6.45) is 3.92. The quantitative estimate of drug-likeness (QED) is 0.680. The van der Waals surface area contributed by atoms with Crippen molar-refractivity contribution < 1.29 is 17.9 Å². The van der Waals surface area contributed by atoms with Crippen molar-refractivity contribution in [1.29, 1.82) is 0 Å². The average Bonchev–Trinajstić information content (AvgIpc) is 2.45. The van der Waals surface area contributed by atoms with Gasteiger partial charge in [-0.15, -0.1) is 0 Å². The number of aromatic nitrogens is 1. The summed E-state index contributed by atoms with van der Waals surface area (Å²) in [6.45, 7) is 0.367. The molecule has 0 saturated heterocycles. The maximum Gasteiger partial charge on any atom is 0.306 e. The minimum Gasteiger partial charge on any atom is -0.469 e. The number of carbonyl (C=O) groups is 1. The molecule has 0 bridgehead atoms. The van der Waals surface area contributed by atoms with Crippen molar-refractivity contribution in [2.45, 2.75) is 12.8 Å². The van der Waals surface area contributed by atoms with E-state index in [9.17, 15) is 13.2 Å². The standard InChI is InChI=1S/C12H19N3O4S/c1-15(10-6-12(16)19-2)20(17,18)14-9-5-11-3-7-13-8-4-11/h3-4,7-8,14H,5-6,9-10H2,1-2H3. The van der Waals surface area contributed by atoms with E-state index < -0.39 is 16.2 Å². The molecule has 7 nitrogen and oxygen atoms in total. The van der Waals surface area contributed by atoms with Crippen LogP contribution in [0.1, 0.15) is 12.0 Å². The number of rotatable bonds is 8. The maximum atomic E-state index is 11.9. The Labute approximate surface area is 119 Å². The molecule has 0 fully saturated rings. The fraction of sp³-hybridized carbons (Fsp3) is 0.500. The maximum absolute atomic E-state index is 11.9. The molecule has 0 aliphatic carbocycles. The zero-order valence-corrected chi connectivity index (χ0v) is 12.4. The number of esters is 1. The molecule has 1 aromatic rings. The first-order valence-corrected chi connectivity index (χ1v) is 7.56. The van der Waals surface area contributed by atoms with E-state index in [1.807, 2.05) is 12.1 Å². The van der Waals surface area contributed by atoms with Crippen LogP contribution in [0.3, 0.4) is 0 Å². The molecule has 1 aromatic heterocycles. The lowest BCUT2D eigenvalue weighted by Crippen LogP contribution is -2.40. The summed E-state index contributed by atoms with van der Waals surface area (Å²) in [7, 11) is -0.892. The fourth-order valence-electron chi connectivity index (χ4n) is 1.45. The topological polar surface area (TPSA) is 88.6 Å². The highest BCUT2D eigenvalue weighted by atomic mass is 32.2. The van der Waals surface area contributed by atoms with Crippen LogP contribution in [0.2, 0.25) is 0 Å². The Balaban J connectivity index is 2.39. The van der Waals surface area contributed by atoms with Crippen molar-refractivity contribution in [3.63, 3.8) is 0 Å². The van der Waals surface area contributed by atoms with E-state index in [1.165, 1.54) is 14.2 Å². The molecule has 20 heavy (non-hydrogen) atoms. The van der Waals surface area contributed by atoms with Crippen molar-refractivity contribution in [2.24, 2.45) is 0 Å². The smallest absolute Gasteiger partial charge is 0.306 e. The summed E-state index contributed by atoms with van der Waals surface area (Å²) in [4.78, 5) is 14.9. The Morgan fingerprint density at radius 1 is 1.40 bits per heavy atom. The molecule has 1 N–H and O–H groups in total. The molecule has 0 aromatic carbocycles. The van der Waals surface area contributed by atoms with Crippen LogP contribution in [0.5, 0.6) is 0 Å². The largest absolute Gasteiger partial charge is 0.469 e. The second-order valence-corrected chi connectivity index (χ2v) is 6.01. The molecular weight excluding hydrogens is 282 g/mol. The molecule has 112 valence electrons. The average molecular weight is 301 g/mol. The van der Waals surface area contributed by atoms with Crippen LogP contribution in [0.4, 0.5) is 0 Å². The van der Waals surface area contributed by atoms with E-state index >= 15 is 0 Å². The fourth-order valence-corrected chi connectivity index (χ4v) is 2.37. The molecule has 0 radical (unpaired) electrons. The van der Waals surface area contributed by atoms with Crippen LogP contribution in [0.25, 0.3) is 0 Å². The highest BCUT2D eigenvalue weighted by molar-refractivity contribution is 7.87. The van der Waals surface area contributed by atoms with Gasteiger partial charge in [-0.1, -0.05) is 0 Å². The third kappa shape index (κ3) is 5.64. The number of hydrogen-bond donors (Lipinski definition) is 1. The zero-order valence-electron chi connectivity index (χ0n) is 11.6. The Hall–Kier alpha value is -1.51. The van der Waals surface area contributed by atoms with E-state index in [0.29, 0.717) is 6.42 Å². The van der Waals surface area contributed by atoms with Gasteiger partial charge in [0.25, 0.3) is 10.2 Å². The molecule has 0 atom stereocenters. The molecule has 0 saturated carbocycles. The highest BCUT2D eigenvalue weighted by Gasteiger charge is 2.17. The SMILES string of the molecule is COC(=O)CCN(C)S(=O)(=O)NCCc1ccncc1. The zero-order chi connectivity index (χ0) is 15.0. The summed E-state index contributed by atoms with van der Waals surface area (Å²) in [5, 5.41) is 0. The van der Waals surface area contributed by atoms with Gasteiger partial charge in [0.15, 0.2) is 0 Å². The molecule has 0 aliphatic heterocycles. The molecule has 1 heterocycles. The minimum atomic E-state index is -3.57. The number of nitrogens with one attached hydrogen (secondary N) is 1. The lowest BCUT2D eigenvalue weighted by molar-refractivity contribution is -0.140. The number of methoxy groups -OCH3 is 1. The second kappa shape index (κ2) is 7.93. The van der Waals surface area contributed by atoms with Crippen molar-refractivity contribution in [3.05, 3.63) is 30.1 Å². The summed E-state index contributed by atoms with van der Waals surface area (Å²) in [6, 6.07) is 3.66. The van der Waals surface area contributed by atoms with E-state index in [1.54, 1.807) is 12.4 Å². The number of ether oxygens (including phenoxy) is 1. The van der Waals surface area contributed by atoms with Gasteiger partial charge in [-0.3, -0.25) is 9.78 Å². The Bertz CT molecular complexity index is 519. The van der Waals surface area contributed by atoms with Crippen molar-refractivity contribution in [3.8, 4) is 0 Å². The lowest BCUT2D eigenvalue weighted by atomic mass is 10.2. The first kappa shape index (κ1) is 16.5. The predicted octanol–water partition coefficient (Wildman–Crippen LogP) is -0.0466. The van der Waals surface area contributed by atoms with E-state index in [0.717, 1.165) is 9.87 Å². The van der Waals surface area contributed by atoms with Crippen LogP contribution in [0, 0.1) is 0 Å². The Kier molecular flexibility index (Phi) is 6.56. The first-order valence-electron chi connectivity index (χ1n) is 6.12. The number of hydrogen-bond acceptors (Lipinski definition) is 5. The lowest BCUT2D eigenvalue weighted by Gasteiger charge is -2.17. The van der Waals surface area contributed by atoms with Crippen molar-refractivity contribution in [1.82, 2.24) is 14.0 Å². The summed E-state index contributed by atoms with van der Waals surface area (Å²) in [5.74, 6) is -0.441. The monoisotopic (exact) mass is 301 g/mol. The number of nitrogens with zero attached hydrogens (tertiary/aromatic N) is 2. The Morgan fingerprint density at radius 2 is 2.05 bits per heavy atom.